The minimum absolute atomic E-state index is 0.168. The minimum Gasteiger partial charge on any atom is -0.493 e. The Morgan fingerprint density at radius 2 is 2.09 bits per heavy atom. The Morgan fingerprint density at radius 3 is 2.88 bits per heavy atom. The van der Waals surface area contributed by atoms with Gasteiger partial charge in [0.2, 0.25) is 5.95 Å². The summed E-state index contributed by atoms with van der Waals surface area (Å²) in [6, 6.07) is 6.76. The SMILES string of the molecule is Cc1ncccc1-c1cnc(NCc2c(F)ccc3c2CCO3)n2cnc(S(C)(=N)=O)c12. The fourth-order valence-electron chi connectivity index (χ4n) is 4.04. The lowest BCUT2D eigenvalue weighted by atomic mass is 10.0. The molecule has 10 heteroatoms. The maximum atomic E-state index is 14.5. The Labute approximate surface area is 184 Å². The van der Waals surface area contributed by atoms with E-state index < -0.39 is 9.73 Å². The lowest BCUT2D eigenvalue weighted by Gasteiger charge is -2.14. The van der Waals surface area contributed by atoms with Crippen molar-refractivity contribution in [2.75, 3.05) is 18.2 Å². The van der Waals surface area contributed by atoms with E-state index in [2.05, 4.69) is 20.3 Å². The zero-order chi connectivity index (χ0) is 22.5. The van der Waals surface area contributed by atoms with Gasteiger partial charge in [-0.1, -0.05) is 6.07 Å². The van der Waals surface area contributed by atoms with Crippen LogP contribution in [0.15, 0.2) is 48.0 Å². The van der Waals surface area contributed by atoms with Gasteiger partial charge in [0.15, 0.2) is 5.03 Å². The summed E-state index contributed by atoms with van der Waals surface area (Å²) in [5, 5.41) is 3.35. The topological polar surface area (TPSA) is 105 Å². The highest BCUT2D eigenvalue weighted by molar-refractivity contribution is 7.91. The average Bonchev–Trinajstić information content (AvgIpc) is 3.41. The summed E-state index contributed by atoms with van der Waals surface area (Å²) in [6.07, 6.45) is 6.82. The van der Waals surface area contributed by atoms with Gasteiger partial charge in [0, 0.05) is 59.6 Å². The molecule has 32 heavy (non-hydrogen) atoms. The summed E-state index contributed by atoms with van der Waals surface area (Å²) < 4.78 is 42.6. The van der Waals surface area contributed by atoms with E-state index in [4.69, 9.17) is 9.52 Å². The number of hydrogen-bond donors (Lipinski definition) is 2. The molecular weight excluding hydrogens is 431 g/mol. The van der Waals surface area contributed by atoms with E-state index in [1.165, 1.54) is 18.6 Å². The highest BCUT2D eigenvalue weighted by Gasteiger charge is 2.22. The third-order valence-corrected chi connectivity index (χ3v) is 6.60. The number of anilines is 1. The van der Waals surface area contributed by atoms with Crippen LogP contribution >= 0.6 is 0 Å². The number of hydrogen-bond acceptors (Lipinski definition) is 7. The molecule has 5 rings (SSSR count). The third-order valence-electron chi connectivity index (χ3n) is 5.56. The molecule has 0 aliphatic carbocycles. The number of imidazole rings is 1. The van der Waals surface area contributed by atoms with E-state index in [0.29, 0.717) is 41.4 Å². The van der Waals surface area contributed by atoms with Crippen LogP contribution in [0.25, 0.3) is 16.6 Å². The molecule has 1 aliphatic heterocycles. The third kappa shape index (κ3) is 3.36. The Kier molecular flexibility index (Phi) is 4.81. The maximum absolute atomic E-state index is 14.5. The van der Waals surface area contributed by atoms with Crippen molar-refractivity contribution in [3.05, 3.63) is 65.6 Å². The molecule has 0 bridgehead atoms. The van der Waals surface area contributed by atoms with Crippen molar-refractivity contribution in [1.29, 1.82) is 4.78 Å². The number of rotatable bonds is 5. The number of nitrogens with zero attached hydrogens (tertiary/aromatic N) is 4. The van der Waals surface area contributed by atoms with Crippen LogP contribution in [0, 0.1) is 17.5 Å². The molecule has 3 aromatic heterocycles. The lowest BCUT2D eigenvalue weighted by molar-refractivity contribution is 0.356. The molecule has 1 atom stereocenters. The summed E-state index contributed by atoms with van der Waals surface area (Å²) >= 11 is 0. The van der Waals surface area contributed by atoms with Crippen molar-refractivity contribution in [2.24, 2.45) is 0 Å². The predicted octanol–water partition coefficient (Wildman–Crippen LogP) is 3.82. The first-order valence-electron chi connectivity index (χ1n) is 10.0. The monoisotopic (exact) mass is 452 g/mol. The number of nitrogens with one attached hydrogen (secondary N) is 2. The molecule has 0 fully saturated rings. The van der Waals surface area contributed by atoms with Crippen molar-refractivity contribution in [3.8, 4) is 16.9 Å². The van der Waals surface area contributed by atoms with Crippen LogP contribution < -0.4 is 10.1 Å². The second-order valence-corrected chi connectivity index (χ2v) is 9.77. The second kappa shape index (κ2) is 7.56. The molecule has 2 N–H and O–H groups in total. The van der Waals surface area contributed by atoms with E-state index >= 15 is 0 Å². The van der Waals surface area contributed by atoms with Crippen LogP contribution in [0.3, 0.4) is 0 Å². The van der Waals surface area contributed by atoms with Crippen molar-refractivity contribution in [2.45, 2.75) is 24.9 Å². The number of pyridine rings is 1. The van der Waals surface area contributed by atoms with Crippen LogP contribution in [0.5, 0.6) is 5.75 Å². The van der Waals surface area contributed by atoms with Crippen LogP contribution in [0.1, 0.15) is 16.8 Å². The van der Waals surface area contributed by atoms with Gasteiger partial charge in [0.1, 0.15) is 17.9 Å². The van der Waals surface area contributed by atoms with E-state index in [0.717, 1.165) is 16.8 Å². The first-order valence-corrected chi connectivity index (χ1v) is 12.0. The first-order chi connectivity index (χ1) is 15.3. The normalized spacial score (nSPS) is 14.7. The Balaban J connectivity index is 1.62. The maximum Gasteiger partial charge on any atom is 0.209 e. The highest BCUT2D eigenvalue weighted by atomic mass is 32.2. The van der Waals surface area contributed by atoms with Gasteiger partial charge >= 0.3 is 0 Å². The van der Waals surface area contributed by atoms with Crippen molar-refractivity contribution < 1.29 is 13.3 Å². The van der Waals surface area contributed by atoms with E-state index in [9.17, 15) is 8.60 Å². The summed E-state index contributed by atoms with van der Waals surface area (Å²) in [5.74, 6) is 0.798. The summed E-state index contributed by atoms with van der Waals surface area (Å²) in [5.41, 5.74) is 4.16. The zero-order valence-electron chi connectivity index (χ0n) is 17.6. The van der Waals surface area contributed by atoms with E-state index in [1.807, 2.05) is 19.1 Å². The molecule has 164 valence electrons. The molecule has 1 unspecified atom stereocenters. The molecule has 0 radical (unpaired) electrons. The Hall–Kier alpha value is -3.53. The Morgan fingerprint density at radius 1 is 1.25 bits per heavy atom. The molecule has 8 nitrogen and oxygen atoms in total. The smallest absolute Gasteiger partial charge is 0.209 e. The average molecular weight is 453 g/mol. The van der Waals surface area contributed by atoms with Crippen molar-refractivity contribution in [1.82, 2.24) is 19.4 Å². The molecular formula is C22H21FN6O2S. The van der Waals surface area contributed by atoms with Gasteiger partial charge < -0.3 is 10.1 Å². The van der Waals surface area contributed by atoms with Crippen molar-refractivity contribution in [3.63, 3.8) is 0 Å². The van der Waals surface area contributed by atoms with E-state index in [1.54, 1.807) is 22.9 Å². The van der Waals surface area contributed by atoms with Crippen LogP contribution in [-0.2, 0) is 22.7 Å². The summed E-state index contributed by atoms with van der Waals surface area (Å²) in [7, 11) is -3.11. The zero-order valence-corrected chi connectivity index (χ0v) is 18.4. The quantitative estimate of drug-likeness (QED) is 0.477. The standard InChI is InChI=1S/C22H21FN6O2S/c1-13-14(4-3-8-25-13)17-11-27-22(29-12-28-21(20(17)29)32(2,24)30)26-10-16-15-7-9-31-19(15)6-5-18(16)23/h3-6,8,11-12,24H,7,9-10H2,1-2H3,(H,26,27). The molecule has 4 heterocycles. The predicted molar refractivity (Wildman–Crippen MR) is 119 cm³/mol. The molecule has 0 saturated carbocycles. The number of fused-ring (bicyclic) bond motifs is 2. The van der Waals surface area contributed by atoms with E-state index in [-0.39, 0.29) is 17.4 Å². The van der Waals surface area contributed by atoms with Gasteiger partial charge in [0.25, 0.3) is 0 Å². The molecule has 0 amide bonds. The van der Waals surface area contributed by atoms with Gasteiger partial charge in [0.05, 0.1) is 21.9 Å². The van der Waals surface area contributed by atoms with Crippen molar-refractivity contribution >= 4 is 21.2 Å². The largest absolute Gasteiger partial charge is 0.493 e. The summed E-state index contributed by atoms with van der Waals surface area (Å²) in [4.78, 5) is 13.1. The van der Waals surface area contributed by atoms with Gasteiger partial charge in [-0.05, 0) is 25.1 Å². The summed E-state index contributed by atoms with van der Waals surface area (Å²) in [6.45, 7) is 2.60. The fourth-order valence-corrected chi connectivity index (χ4v) is 4.87. The number of ether oxygens (including phenoxy) is 1. The highest BCUT2D eigenvalue weighted by Crippen LogP contribution is 2.33. The Bertz CT molecular complexity index is 1470. The number of aromatic nitrogens is 4. The molecule has 1 aliphatic rings. The number of benzene rings is 1. The van der Waals surface area contributed by atoms with Gasteiger partial charge in [-0.2, -0.15) is 0 Å². The van der Waals surface area contributed by atoms with Gasteiger partial charge in [-0.15, -0.1) is 0 Å². The van der Waals surface area contributed by atoms with Crippen LogP contribution in [-0.4, -0.2) is 36.4 Å². The number of aryl methyl sites for hydroxylation is 1. The molecule has 1 aromatic carbocycles. The first kappa shape index (κ1) is 20.4. The minimum atomic E-state index is -3.11. The van der Waals surface area contributed by atoms with Gasteiger partial charge in [-0.3, -0.25) is 9.38 Å². The molecule has 4 aromatic rings. The molecule has 0 spiro atoms. The van der Waals surface area contributed by atoms with Gasteiger partial charge in [-0.25, -0.2) is 23.3 Å². The molecule has 0 saturated heterocycles. The van der Waals surface area contributed by atoms with Crippen LogP contribution in [0.4, 0.5) is 10.3 Å². The lowest BCUT2D eigenvalue weighted by Crippen LogP contribution is -2.10. The fraction of sp³-hybridized carbons (Fsp3) is 0.227. The number of halogens is 1. The van der Waals surface area contributed by atoms with Crippen LogP contribution in [0.2, 0.25) is 0 Å². The second-order valence-electron chi connectivity index (χ2n) is 7.70.